The summed E-state index contributed by atoms with van der Waals surface area (Å²) < 4.78 is 1.70. The maximum atomic E-state index is 6.02. The molecule has 12 heavy (non-hydrogen) atoms. The standard InChI is InChI=1S/C9H13ClN2/c1-4-5-6-8-7(2)11-12(3)9(8)10/h4H,1,5-6H2,2-3H3. The Labute approximate surface area is 77.8 Å². The summed E-state index contributed by atoms with van der Waals surface area (Å²) in [6, 6.07) is 0. The Balaban J connectivity index is 2.89. The maximum absolute atomic E-state index is 6.02. The summed E-state index contributed by atoms with van der Waals surface area (Å²) in [7, 11) is 1.85. The van der Waals surface area contributed by atoms with Gasteiger partial charge in [-0.05, 0) is 19.8 Å². The fourth-order valence-corrected chi connectivity index (χ4v) is 1.47. The highest BCUT2D eigenvalue weighted by atomic mass is 35.5. The van der Waals surface area contributed by atoms with Gasteiger partial charge in [0, 0.05) is 12.6 Å². The highest BCUT2D eigenvalue weighted by molar-refractivity contribution is 6.30. The molecule has 0 spiro atoms. The van der Waals surface area contributed by atoms with E-state index in [-0.39, 0.29) is 0 Å². The molecule has 0 bridgehead atoms. The largest absolute Gasteiger partial charge is 0.257 e. The van der Waals surface area contributed by atoms with Gasteiger partial charge in [0.05, 0.1) is 5.69 Å². The molecule has 1 aromatic rings. The summed E-state index contributed by atoms with van der Waals surface area (Å²) in [5, 5.41) is 4.96. The van der Waals surface area contributed by atoms with E-state index in [0.29, 0.717) is 0 Å². The average molecular weight is 185 g/mol. The number of rotatable bonds is 3. The molecular weight excluding hydrogens is 172 g/mol. The van der Waals surface area contributed by atoms with Crippen LogP contribution in [-0.2, 0) is 13.5 Å². The topological polar surface area (TPSA) is 17.8 Å². The van der Waals surface area contributed by atoms with Crippen LogP contribution in [0, 0.1) is 6.92 Å². The van der Waals surface area contributed by atoms with Crippen molar-refractivity contribution in [3.8, 4) is 0 Å². The number of nitrogens with zero attached hydrogens (tertiary/aromatic N) is 2. The maximum Gasteiger partial charge on any atom is 0.130 e. The third-order valence-corrected chi connectivity index (χ3v) is 2.34. The number of aryl methyl sites for hydroxylation is 2. The molecule has 0 amide bonds. The fourth-order valence-electron chi connectivity index (χ4n) is 1.20. The monoisotopic (exact) mass is 184 g/mol. The van der Waals surface area contributed by atoms with Crippen LogP contribution >= 0.6 is 11.6 Å². The second-order valence-electron chi connectivity index (χ2n) is 2.81. The lowest BCUT2D eigenvalue weighted by Gasteiger charge is -1.95. The lowest BCUT2D eigenvalue weighted by atomic mass is 10.1. The van der Waals surface area contributed by atoms with Crippen LogP contribution in [0.4, 0.5) is 0 Å². The van der Waals surface area contributed by atoms with Gasteiger partial charge in [-0.3, -0.25) is 4.68 Å². The molecule has 0 aromatic carbocycles. The minimum Gasteiger partial charge on any atom is -0.257 e. The van der Waals surface area contributed by atoms with Crippen molar-refractivity contribution in [1.29, 1.82) is 0 Å². The number of hydrogen-bond donors (Lipinski definition) is 0. The number of hydrogen-bond acceptors (Lipinski definition) is 1. The molecule has 0 fully saturated rings. The van der Waals surface area contributed by atoms with Crippen molar-refractivity contribution in [2.45, 2.75) is 19.8 Å². The molecule has 0 radical (unpaired) electrons. The lowest BCUT2D eigenvalue weighted by molar-refractivity contribution is 0.757. The van der Waals surface area contributed by atoms with Gasteiger partial charge in [0.25, 0.3) is 0 Å². The van der Waals surface area contributed by atoms with Crippen LogP contribution in [-0.4, -0.2) is 9.78 Å². The molecule has 2 nitrogen and oxygen atoms in total. The summed E-state index contributed by atoms with van der Waals surface area (Å²) >= 11 is 6.02. The first kappa shape index (κ1) is 9.33. The molecule has 1 rings (SSSR count). The molecule has 0 saturated carbocycles. The van der Waals surface area contributed by atoms with E-state index in [1.807, 2.05) is 20.0 Å². The summed E-state index contributed by atoms with van der Waals surface area (Å²) in [5.41, 5.74) is 2.16. The van der Waals surface area contributed by atoms with E-state index >= 15 is 0 Å². The Morgan fingerprint density at radius 2 is 2.33 bits per heavy atom. The highest BCUT2D eigenvalue weighted by Gasteiger charge is 2.09. The Bertz CT molecular complexity index is 289. The van der Waals surface area contributed by atoms with Gasteiger partial charge < -0.3 is 0 Å². The predicted molar refractivity (Wildman–Crippen MR) is 51.5 cm³/mol. The van der Waals surface area contributed by atoms with Crippen molar-refractivity contribution in [3.05, 3.63) is 29.1 Å². The normalized spacial score (nSPS) is 10.2. The van der Waals surface area contributed by atoms with Crippen LogP contribution in [0.15, 0.2) is 12.7 Å². The summed E-state index contributed by atoms with van der Waals surface area (Å²) in [6.07, 6.45) is 3.77. The quantitative estimate of drug-likeness (QED) is 0.661. The minimum atomic E-state index is 0.745. The molecule has 0 aliphatic heterocycles. The van der Waals surface area contributed by atoms with Crippen LogP contribution in [0.3, 0.4) is 0 Å². The van der Waals surface area contributed by atoms with Crippen molar-refractivity contribution in [2.75, 3.05) is 0 Å². The molecule has 1 heterocycles. The Kier molecular flexibility index (Phi) is 2.93. The zero-order valence-corrected chi connectivity index (χ0v) is 8.23. The summed E-state index contributed by atoms with van der Waals surface area (Å²) in [6.45, 7) is 5.65. The van der Waals surface area contributed by atoms with Crippen molar-refractivity contribution in [3.63, 3.8) is 0 Å². The number of halogens is 1. The molecule has 0 atom stereocenters. The first-order chi connectivity index (χ1) is 5.66. The van der Waals surface area contributed by atoms with Gasteiger partial charge in [0.2, 0.25) is 0 Å². The molecule has 3 heteroatoms. The van der Waals surface area contributed by atoms with Gasteiger partial charge in [-0.15, -0.1) is 6.58 Å². The molecule has 0 aliphatic carbocycles. The Morgan fingerprint density at radius 1 is 1.67 bits per heavy atom. The SMILES string of the molecule is C=CCCc1c(C)nn(C)c1Cl. The van der Waals surface area contributed by atoms with Gasteiger partial charge in [-0.2, -0.15) is 5.10 Å². The highest BCUT2D eigenvalue weighted by Crippen LogP contribution is 2.19. The molecule has 0 unspecified atom stereocenters. The van der Waals surface area contributed by atoms with Crippen molar-refractivity contribution in [1.82, 2.24) is 9.78 Å². The minimum absolute atomic E-state index is 0.745. The first-order valence-electron chi connectivity index (χ1n) is 3.95. The lowest BCUT2D eigenvalue weighted by Crippen LogP contribution is -1.89. The van der Waals surface area contributed by atoms with Crippen LogP contribution in [0.2, 0.25) is 5.15 Å². The van der Waals surface area contributed by atoms with E-state index in [2.05, 4.69) is 11.7 Å². The van der Waals surface area contributed by atoms with E-state index in [9.17, 15) is 0 Å². The third-order valence-electron chi connectivity index (χ3n) is 1.87. The van der Waals surface area contributed by atoms with Gasteiger partial charge in [0.15, 0.2) is 0 Å². The number of allylic oxidation sites excluding steroid dienone is 1. The molecular formula is C9H13ClN2. The Morgan fingerprint density at radius 3 is 2.75 bits per heavy atom. The van der Waals surface area contributed by atoms with Gasteiger partial charge in [0.1, 0.15) is 5.15 Å². The fraction of sp³-hybridized carbons (Fsp3) is 0.444. The van der Waals surface area contributed by atoms with E-state index in [1.54, 1.807) is 4.68 Å². The smallest absolute Gasteiger partial charge is 0.130 e. The molecule has 1 aromatic heterocycles. The number of aromatic nitrogens is 2. The van der Waals surface area contributed by atoms with Crippen molar-refractivity contribution in [2.24, 2.45) is 7.05 Å². The van der Waals surface area contributed by atoms with E-state index in [1.165, 1.54) is 0 Å². The van der Waals surface area contributed by atoms with Crippen LogP contribution in [0.1, 0.15) is 17.7 Å². The molecule has 0 N–H and O–H groups in total. The average Bonchev–Trinajstić information content (AvgIpc) is 2.25. The third kappa shape index (κ3) is 1.69. The van der Waals surface area contributed by atoms with Gasteiger partial charge in [-0.1, -0.05) is 17.7 Å². The van der Waals surface area contributed by atoms with E-state index < -0.39 is 0 Å². The first-order valence-corrected chi connectivity index (χ1v) is 4.33. The molecule has 0 saturated heterocycles. The van der Waals surface area contributed by atoms with E-state index in [4.69, 9.17) is 11.6 Å². The van der Waals surface area contributed by atoms with Crippen LogP contribution in [0.5, 0.6) is 0 Å². The predicted octanol–water partition coefficient (Wildman–Crippen LogP) is 2.50. The van der Waals surface area contributed by atoms with Gasteiger partial charge >= 0.3 is 0 Å². The summed E-state index contributed by atoms with van der Waals surface area (Å²) in [4.78, 5) is 0. The van der Waals surface area contributed by atoms with E-state index in [0.717, 1.165) is 29.3 Å². The van der Waals surface area contributed by atoms with Crippen molar-refractivity contribution < 1.29 is 0 Å². The zero-order chi connectivity index (χ0) is 9.14. The Hall–Kier alpha value is -0.760. The van der Waals surface area contributed by atoms with Gasteiger partial charge in [-0.25, -0.2) is 0 Å². The second-order valence-corrected chi connectivity index (χ2v) is 3.16. The van der Waals surface area contributed by atoms with Crippen molar-refractivity contribution >= 4 is 11.6 Å². The van der Waals surface area contributed by atoms with Crippen LogP contribution < -0.4 is 0 Å². The second kappa shape index (κ2) is 3.76. The van der Waals surface area contributed by atoms with Crippen LogP contribution in [0.25, 0.3) is 0 Å². The summed E-state index contributed by atoms with van der Waals surface area (Å²) in [5.74, 6) is 0. The zero-order valence-electron chi connectivity index (χ0n) is 7.47. The molecule has 66 valence electrons. The molecule has 0 aliphatic rings.